The number of benzene rings is 2. The summed E-state index contributed by atoms with van der Waals surface area (Å²) in [6.45, 7) is 12.4. The van der Waals surface area contributed by atoms with Gasteiger partial charge in [0.2, 0.25) is 0 Å². The third-order valence-electron chi connectivity index (χ3n) is 5.14. The van der Waals surface area contributed by atoms with E-state index in [0.29, 0.717) is 5.39 Å². The van der Waals surface area contributed by atoms with Crippen LogP contribution in [0.3, 0.4) is 0 Å². The molecule has 1 atom stereocenters. The highest BCUT2D eigenvalue weighted by molar-refractivity contribution is 7.97. The number of nitrogens with zero attached hydrogens (tertiary/aromatic N) is 3. The monoisotopic (exact) mass is 454 g/mol. The fourth-order valence-corrected chi connectivity index (χ4v) is 4.34. The Morgan fingerprint density at radius 3 is 2.22 bits per heavy atom. The third-order valence-corrected chi connectivity index (χ3v) is 6.25. The first kappa shape index (κ1) is 24.3. The molecule has 1 N–H and O–H groups in total. The number of H-pyrrole nitrogens is 1. The van der Waals surface area contributed by atoms with Crippen molar-refractivity contribution in [3.63, 3.8) is 0 Å². The number of aromatic nitrogens is 2. The summed E-state index contributed by atoms with van der Waals surface area (Å²) in [5.41, 5.74) is 0.683. The number of hydrogen-bond donors (Lipinski definition) is 1. The van der Waals surface area contributed by atoms with Crippen molar-refractivity contribution in [2.24, 2.45) is 5.92 Å². The van der Waals surface area contributed by atoms with E-state index in [4.69, 9.17) is 4.74 Å². The number of ether oxygens (including phenoxy) is 1. The van der Waals surface area contributed by atoms with Crippen LogP contribution in [0.2, 0.25) is 0 Å². The molecule has 1 aromatic heterocycles. The first-order valence-electron chi connectivity index (χ1n) is 11.2. The van der Waals surface area contributed by atoms with Gasteiger partial charge in [0, 0.05) is 31.1 Å². The van der Waals surface area contributed by atoms with Crippen molar-refractivity contribution < 1.29 is 4.74 Å². The van der Waals surface area contributed by atoms with E-state index in [-0.39, 0.29) is 11.6 Å². The fourth-order valence-electron chi connectivity index (χ4n) is 3.44. The van der Waals surface area contributed by atoms with Gasteiger partial charge in [-0.25, -0.2) is 9.29 Å². The molecule has 1 saturated heterocycles. The zero-order chi connectivity index (χ0) is 23.1. The number of methoxy groups -OCH3 is 1. The molecule has 172 valence electrons. The molecule has 1 fully saturated rings. The second-order valence-corrected chi connectivity index (χ2v) is 9.78. The molecular formula is C25H34N4O2S. The number of rotatable bonds is 5. The molecule has 32 heavy (non-hydrogen) atoms. The van der Waals surface area contributed by atoms with Crippen LogP contribution in [0.4, 0.5) is 0 Å². The molecule has 2 aromatic carbocycles. The molecule has 0 saturated carbocycles. The van der Waals surface area contributed by atoms with E-state index in [0.717, 1.165) is 49.2 Å². The van der Waals surface area contributed by atoms with E-state index < -0.39 is 0 Å². The largest absolute Gasteiger partial charge is 0.497 e. The van der Waals surface area contributed by atoms with Crippen molar-refractivity contribution in [1.29, 1.82) is 0 Å². The van der Waals surface area contributed by atoms with Crippen molar-refractivity contribution in [3.05, 3.63) is 64.7 Å². The lowest BCUT2D eigenvalue weighted by Gasteiger charge is -2.36. The Balaban J connectivity index is 0.000000668. The van der Waals surface area contributed by atoms with Crippen LogP contribution >= 0.6 is 11.9 Å². The molecule has 4 rings (SSSR count). The molecular weight excluding hydrogens is 420 g/mol. The molecule has 0 spiro atoms. The molecule has 0 bridgehead atoms. The van der Waals surface area contributed by atoms with E-state index in [1.54, 1.807) is 19.1 Å². The number of aromatic amines is 1. The Hall–Kier alpha value is -2.35. The van der Waals surface area contributed by atoms with Gasteiger partial charge in [-0.3, -0.25) is 9.69 Å². The molecule has 0 amide bonds. The lowest BCUT2D eigenvalue weighted by Crippen LogP contribution is -2.44. The smallest absolute Gasteiger partial charge is 0.258 e. The Kier molecular flexibility index (Phi) is 8.73. The summed E-state index contributed by atoms with van der Waals surface area (Å²) >= 11 is 1.78. The average Bonchev–Trinajstić information content (AvgIpc) is 2.79. The first-order chi connectivity index (χ1) is 15.4. The van der Waals surface area contributed by atoms with Gasteiger partial charge in [-0.05, 0) is 61.2 Å². The number of nitrogens with one attached hydrogen (secondary N) is 1. The predicted molar refractivity (Wildman–Crippen MR) is 133 cm³/mol. The van der Waals surface area contributed by atoms with Crippen molar-refractivity contribution in [2.75, 3.05) is 33.3 Å². The third kappa shape index (κ3) is 6.58. The van der Waals surface area contributed by atoms with Gasteiger partial charge in [-0.2, -0.15) is 0 Å². The van der Waals surface area contributed by atoms with Gasteiger partial charge in [-0.15, -0.1) is 0 Å². The van der Waals surface area contributed by atoms with Crippen molar-refractivity contribution in [2.45, 2.75) is 38.6 Å². The Labute approximate surface area is 195 Å². The van der Waals surface area contributed by atoms with Crippen LogP contribution < -0.4 is 10.3 Å². The lowest BCUT2D eigenvalue weighted by molar-refractivity contribution is 0.146. The van der Waals surface area contributed by atoms with Crippen LogP contribution in [0.25, 0.3) is 10.9 Å². The van der Waals surface area contributed by atoms with Gasteiger partial charge >= 0.3 is 0 Å². The summed E-state index contributed by atoms with van der Waals surface area (Å²) < 4.78 is 7.59. The molecule has 7 heteroatoms. The molecule has 2 heterocycles. The van der Waals surface area contributed by atoms with E-state index >= 15 is 0 Å². The average molecular weight is 455 g/mol. The van der Waals surface area contributed by atoms with Crippen LogP contribution in [0.1, 0.15) is 39.6 Å². The molecule has 3 aromatic rings. The summed E-state index contributed by atoms with van der Waals surface area (Å²) in [6.07, 6.45) is 0. The van der Waals surface area contributed by atoms with E-state index in [2.05, 4.69) is 59.0 Å². The van der Waals surface area contributed by atoms with Crippen LogP contribution in [0.15, 0.2) is 58.2 Å². The quantitative estimate of drug-likeness (QED) is 0.549. The summed E-state index contributed by atoms with van der Waals surface area (Å²) in [7, 11) is 1.68. The summed E-state index contributed by atoms with van der Waals surface area (Å²) in [5.74, 6) is 2.44. The zero-order valence-corrected chi connectivity index (χ0v) is 20.5. The zero-order valence-electron chi connectivity index (χ0n) is 19.7. The fraction of sp³-hybridized carbons (Fsp3) is 0.440. The highest BCUT2D eigenvalue weighted by Gasteiger charge is 2.24. The van der Waals surface area contributed by atoms with Crippen LogP contribution in [0, 0.1) is 5.92 Å². The van der Waals surface area contributed by atoms with Crippen LogP contribution in [-0.2, 0) is 0 Å². The van der Waals surface area contributed by atoms with Gasteiger partial charge in [-0.1, -0.05) is 32.9 Å². The maximum atomic E-state index is 12.4. The SMILES string of the molecule is CC(C)C.COc1ccc(SN2CCN(C(C)c3nc4ccccc4c(=O)[nH]3)CC2)cc1. The second kappa shape index (κ2) is 11.5. The van der Waals surface area contributed by atoms with Gasteiger partial charge in [0.05, 0.1) is 24.1 Å². The highest BCUT2D eigenvalue weighted by Crippen LogP contribution is 2.27. The molecule has 0 radical (unpaired) electrons. The lowest BCUT2D eigenvalue weighted by atomic mass is 10.2. The summed E-state index contributed by atoms with van der Waals surface area (Å²) in [6, 6.07) is 15.7. The van der Waals surface area contributed by atoms with E-state index in [1.807, 2.05) is 36.4 Å². The minimum atomic E-state index is -0.0684. The van der Waals surface area contributed by atoms with Gasteiger partial charge in [0.1, 0.15) is 11.6 Å². The predicted octanol–water partition coefficient (Wildman–Crippen LogP) is 4.98. The Morgan fingerprint density at radius 2 is 1.59 bits per heavy atom. The normalized spacial score (nSPS) is 15.9. The van der Waals surface area contributed by atoms with Crippen LogP contribution in [-0.4, -0.2) is 52.5 Å². The molecule has 1 unspecified atom stereocenters. The minimum Gasteiger partial charge on any atom is -0.497 e. The molecule has 1 aliphatic heterocycles. The van der Waals surface area contributed by atoms with E-state index in [9.17, 15) is 4.79 Å². The maximum absolute atomic E-state index is 12.4. The number of para-hydroxylation sites is 1. The number of hydrogen-bond acceptors (Lipinski definition) is 6. The first-order valence-corrected chi connectivity index (χ1v) is 11.9. The molecule has 1 aliphatic rings. The Morgan fingerprint density at radius 1 is 0.969 bits per heavy atom. The van der Waals surface area contributed by atoms with Crippen molar-refractivity contribution in [1.82, 2.24) is 19.2 Å². The number of piperazine rings is 1. The van der Waals surface area contributed by atoms with E-state index in [1.165, 1.54) is 4.90 Å². The minimum absolute atomic E-state index is 0.0684. The van der Waals surface area contributed by atoms with Crippen molar-refractivity contribution >= 4 is 22.9 Å². The van der Waals surface area contributed by atoms with Gasteiger partial charge < -0.3 is 9.72 Å². The summed E-state index contributed by atoms with van der Waals surface area (Å²) in [5, 5.41) is 0.638. The standard InChI is InChI=1S/C21H24N4O2S.C4H10/c1-15(20-22-19-6-4-3-5-18(19)21(26)23-20)24-11-13-25(14-12-24)28-17-9-7-16(27-2)8-10-17;1-4(2)3/h3-10,15H,11-14H2,1-2H3,(H,22,23,26);4H,1-3H3. The van der Waals surface area contributed by atoms with Gasteiger partial charge in [0.15, 0.2) is 0 Å². The maximum Gasteiger partial charge on any atom is 0.258 e. The topological polar surface area (TPSA) is 61.5 Å². The Bertz CT molecular complexity index is 1040. The second-order valence-electron chi connectivity index (χ2n) is 8.61. The highest BCUT2D eigenvalue weighted by atomic mass is 32.2. The summed E-state index contributed by atoms with van der Waals surface area (Å²) in [4.78, 5) is 23.6. The molecule has 0 aliphatic carbocycles. The van der Waals surface area contributed by atoms with Crippen molar-refractivity contribution in [3.8, 4) is 5.75 Å². The van der Waals surface area contributed by atoms with Crippen LogP contribution in [0.5, 0.6) is 5.75 Å². The molecule has 6 nitrogen and oxygen atoms in total. The van der Waals surface area contributed by atoms with Gasteiger partial charge in [0.25, 0.3) is 5.56 Å². The number of fused-ring (bicyclic) bond motifs is 1.